The number of benzene rings is 1. The zero-order valence-electron chi connectivity index (χ0n) is 19.6. The van der Waals surface area contributed by atoms with Crippen molar-refractivity contribution in [2.75, 3.05) is 59.4 Å². The minimum absolute atomic E-state index is 0.0140. The van der Waals surface area contributed by atoms with Crippen molar-refractivity contribution in [2.24, 2.45) is 10.9 Å². The lowest BCUT2D eigenvalue weighted by atomic mass is 9.84. The number of nitrogens with zero attached hydrogens (tertiary/aromatic N) is 3. The normalized spacial score (nSPS) is 17.9. The van der Waals surface area contributed by atoms with Crippen LogP contribution in [0.15, 0.2) is 29.3 Å². The first-order valence-corrected chi connectivity index (χ1v) is 11.4. The first-order valence-electron chi connectivity index (χ1n) is 11.4. The minimum atomic E-state index is 0.0140. The molecule has 1 aliphatic heterocycles. The highest BCUT2D eigenvalue weighted by molar-refractivity contribution is 5.79. The van der Waals surface area contributed by atoms with Crippen molar-refractivity contribution in [2.45, 2.75) is 46.5 Å². The van der Waals surface area contributed by atoms with Crippen LogP contribution in [0.25, 0.3) is 0 Å². The van der Waals surface area contributed by atoms with Crippen LogP contribution in [0.1, 0.15) is 45.7 Å². The summed E-state index contributed by atoms with van der Waals surface area (Å²) in [4.78, 5) is 9.90. The van der Waals surface area contributed by atoms with Gasteiger partial charge in [0.2, 0.25) is 0 Å². The van der Waals surface area contributed by atoms with Crippen LogP contribution in [0.5, 0.6) is 0 Å². The quantitative estimate of drug-likeness (QED) is 0.493. The molecule has 1 heterocycles. The van der Waals surface area contributed by atoms with E-state index in [0.29, 0.717) is 5.92 Å². The molecule has 0 radical (unpaired) electrons. The summed E-state index contributed by atoms with van der Waals surface area (Å²) in [6.45, 7) is 19.7. The highest BCUT2D eigenvalue weighted by Gasteiger charge is 2.21. The lowest BCUT2D eigenvalue weighted by Gasteiger charge is -2.34. The molecule has 2 rings (SSSR count). The average molecular weight is 402 g/mol. The Morgan fingerprint density at radius 2 is 1.72 bits per heavy atom. The minimum Gasteiger partial charge on any atom is -0.357 e. The molecule has 1 aromatic rings. The van der Waals surface area contributed by atoms with Crippen LogP contribution in [-0.4, -0.2) is 75.2 Å². The van der Waals surface area contributed by atoms with Crippen molar-refractivity contribution < 1.29 is 0 Å². The first kappa shape index (κ1) is 23.7. The van der Waals surface area contributed by atoms with Gasteiger partial charge >= 0.3 is 0 Å². The van der Waals surface area contributed by atoms with Gasteiger partial charge in [-0.2, -0.15) is 0 Å². The number of hydrogen-bond donors (Lipinski definition) is 2. The molecular weight excluding hydrogens is 358 g/mol. The van der Waals surface area contributed by atoms with Crippen molar-refractivity contribution in [1.82, 2.24) is 20.4 Å². The molecule has 1 aliphatic rings. The van der Waals surface area contributed by atoms with Crippen LogP contribution in [0.2, 0.25) is 0 Å². The highest BCUT2D eigenvalue weighted by Crippen LogP contribution is 2.24. The molecular formula is C24H43N5. The number of aryl methyl sites for hydroxylation is 1. The lowest BCUT2D eigenvalue weighted by molar-refractivity contribution is 0.139. The maximum absolute atomic E-state index is 4.91. The van der Waals surface area contributed by atoms with Gasteiger partial charge in [0.25, 0.3) is 0 Å². The standard InChI is InChI=1S/C24H43N5/c1-7-21-9-11-22(12-10-21)24(4,5)19-27-23(25-8-2)26-17-20(3)18-29-15-13-28(6)14-16-29/h9-12,20H,7-8,13-19H2,1-6H3,(H2,25,26,27). The Kier molecular flexibility index (Phi) is 9.44. The molecule has 164 valence electrons. The molecule has 1 fully saturated rings. The van der Waals surface area contributed by atoms with Gasteiger partial charge in [-0.3, -0.25) is 4.99 Å². The van der Waals surface area contributed by atoms with Gasteiger partial charge in [-0.1, -0.05) is 52.0 Å². The van der Waals surface area contributed by atoms with Gasteiger partial charge in [-0.05, 0) is 37.4 Å². The fourth-order valence-corrected chi connectivity index (χ4v) is 3.71. The predicted octanol–water partition coefficient (Wildman–Crippen LogP) is 2.97. The number of aliphatic imine (C=N–C) groups is 1. The molecule has 1 unspecified atom stereocenters. The van der Waals surface area contributed by atoms with Crippen molar-refractivity contribution in [3.63, 3.8) is 0 Å². The van der Waals surface area contributed by atoms with Crippen molar-refractivity contribution in [3.05, 3.63) is 35.4 Å². The third-order valence-corrected chi connectivity index (χ3v) is 5.90. The Labute approximate surface area is 179 Å². The smallest absolute Gasteiger partial charge is 0.191 e. The summed E-state index contributed by atoms with van der Waals surface area (Å²) in [7, 11) is 2.21. The maximum atomic E-state index is 4.91. The Balaban J connectivity index is 1.87. The molecule has 0 aliphatic carbocycles. The molecule has 0 aromatic heterocycles. The van der Waals surface area contributed by atoms with Crippen LogP contribution < -0.4 is 10.6 Å². The van der Waals surface area contributed by atoms with Gasteiger partial charge in [0.1, 0.15) is 0 Å². The lowest BCUT2D eigenvalue weighted by Crippen LogP contribution is -2.47. The van der Waals surface area contributed by atoms with E-state index in [-0.39, 0.29) is 5.41 Å². The first-order chi connectivity index (χ1) is 13.8. The van der Waals surface area contributed by atoms with Crippen LogP contribution in [0.4, 0.5) is 0 Å². The Morgan fingerprint density at radius 3 is 2.31 bits per heavy atom. The van der Waals surface area contributed by atoms with Gasteiger partial charge in [0, 0.05) is 51.2 Å². The van der Waals surface area contributed by atoms with Gasteiger partial charge < -0.3 is 20.4 Å². The summed E-state index contributed by atoms with van der Waals surface area (Å²) in [6.07, 6.45) is 1.08. The monoisotopic (exact) mass is 401 g/mol. The summed E-state index contributed by atoms with van der Waals surface area (Å²) in [5.74, 6) is 1.52. The second-order valence-corrected chi connectivity index (χ2v) is 9.22. The van der Waals surface area contributed by atoms with E-state index in [9.17, 15) is 0 Å². The number of hydrogen-bond acceptors (Lipinski definition) is 3. The van der Waals surface area contributed by atoms with E-state index >= 15 is 0 Å². The summed E-state index contributed by atoms with van der Waals surface area (Å²) in [5.41, 5.74) is 2.75. The number of likely N-dealkylation sites (N-methyl/N-ethyl adjacent to an activating group) is 1. The molecule has 29 heavy (non-hydrogen) atoms. The van der Waals surface area contributed by atoms with Crippen molar-refractivity contribution in [3.8, 4) is 0 Å². The van der Waals surface area contributed by atoms with E-state index < -0.39 is 0 Å². The van der Waals surface area contributed by atoms with E-state index in [1.165, 1.54) is 37.3 Å². The van der Waals surface area contributed by atoms with Gasteiger partial charge in [-0.25, -0.2) is 0 Å². The second kappa shape index (κ2) is 11.6. The average Bonchev–Trinajstić information content (AvgIpc) is 2.72. The summed E-state index contributed by atoms with van der Waals surface area (Å²) >= 11 is 0. The highest BCUT2D eigenvalue weighted by atomic mass is 15.2. The number of guanidine groups is 1. The third kappa shape index (κ3) is 7.98. The molecule has 1 aromatic carbocycles. The molecule has 0 amide bonds. The van der Waals surface area contributed by atoms with E-state index in [4.69, 9.17) is 4.99 Å². The summed E-state index contributed by atoms with van der Waals surface area (Å²) in [6, 6.07) is 8.99. The summed E-state index contributed by atoms with van der Waals surface area (Å²) in [5, 5.41) is 6.97. The molecule has 1 atom stereocenters. The van der Waals surface area contributed by atoms with Gasteiger partial charge in [0.05, 0.1) is 6.54 Å². The number of piperazine rings is 1. The van der Waals surface area contributed by atoms with Gasteiger partial charge in [0.15, 0.2) is 5.96 Å². The summed E-state index contributed by atoms with van der Waals surface area (Å²) < 4.78 is 0. The molecule has 1 saturated heterocycles. The molecule has 0 spiro atoms. The Hall–Kier alpha value is -1.59. The van der Waals surface area contributed by atoms with E-state index in [1.807, 2.05) is 0 Å². The molecule has 0 bridgehead atoms. The fourth-order valence-electron chi connectivity index (χ4n) is 3.71. The zero-order chi connectivity index (χ0) is 21.3. The maximum Gasteiger partial charge on any atom is 0.191 e. The Bertz CT molecular complexity index is 615. The number of rotatable bonds is 9. The molecule has 0 saturated carbocycles. The van der Waals surface area contributed by atoms with E-state index in [2.05, 4.69) is 86.4 Å². The van der Waals surface area contributed by atoms with Crippen molar-refractivity contribution in [1.29, 1.82) is 0 Å². The van der Waals surface area contributed by atoms with Gasteiger partial charge in [-0.15, -0.1) is 0 Å². The van der Waals surface area contributed by atoms with E-state index in [0.717, 1.165) is 38.6 Å². The van der Waals surface area contributed by atoms with Crippen LogP contribution >= 0.6 is 0 Å². The van der Waals surface area contributed by atoms with Crippen LogP contribution in [0, 0.1) is 5.92 Å². The largest absolute Gasteiger partial charge is 0.357 e. The second-order valence-electron chi connectivity index (χ2n) is 9.22. The third-order valence-electron chi connectivity index (χ3n) is 5.90. The topological polar surface area (TPSA) is 42.9 Å². The van der Waals surface area contributed by atoms with E-state index in [1.54, 1.807) is 0 Å². The predicted molar refractivity (Wildman–Crippen MR) is 126 cm³/mol. The van der Waals surface area contributed by atoms with Crippen LogP contribution in [-0.2, 0) is 11.8 Å². The fraction of sp³-hybridized carbons (Fsp3) is 0.708. The molecule has 5 nitrogen and oxygen atoms in total. The zero-order valence-corrected chi connectivity index (χ0v) is 19.6. The van der Waals surface area contributed by atoms with Crippen LogP contribution in [0.3, 0.4) is 0 Å². The molecule has 5 heteroatoms. The molecule has 2 N–H and O–H groups in total. The number of nitrogens with one attached hydrogen (secondary N) is 2. The van der Waals surface area contributed by atoms with Crippen molar-refractivity contribution >= 4 is 5.96 Å². The SMILES string of the molecule is CCNC(=NCC(C)(C)c1ccc(CC)cc1)NCC(C)CN1CCN(C)CC1. The Morgan fingerprint density at radius 1 is 1.07 bits per heavy atom.